The summed E-state index contributed by atoms with van der Waals surface area (Å²) in [5, 5.41) is 63.2. The smallest absolute Gasteiger partial charge is 0.339 e. The largest absolute Gasteiger partial charge is 0.493 e. The summed E-state index contributed by atoms with van der Waals surface area (Å²) in [6, 6.07) is 6.21. The fraction of sp³-hybridized carbons (Fsp3) is 0.583. The van der Waals surface area contributed by atoms with Crippen LogP contribution in [0, 0.1) is 17.3 Å². The van der Waals surface area contributed by atoms with Crippen LogP contribution in [0.25, 0.3) is 6.08 Å². The fourth-order valence-corrected chi connectivity index (χ4v) is 8.34. The molecule has 0 bridgehead atoms. The second-order valence-electron chi connectivity index (χ2n) is 14.1. The quantitative estimate of drug-likeness (QED) is 0.117. The van der Waals surface area contributed by atoms with E-state index in [1.54, 1.807) is 19.1 Å². The maximum atomic E-state index is 13.4. The van der Waals surface area contributed by atoms with Crippen molar-refractivity contribution in [3.63, 3.8) is 0 Å². The summed E-state index contributed by atoms with van der Waals surface area (Å²) in [5.74, 6) is -3.26. The van der Waals surface area contributed by atoms with Gasteiger partial charge in [-0.2, -0.15) is 0 Å². The van der Waals surface area contributed by atoms with Crippen molar-refractivity contribution in [2.75, 3.05) is 13.7 Å². The number of hydrogen-bond acceptors (Lipinski definition) is 16. The zero-order chi connectivity index (χ0) is 37.5. The molecule has 0 spiro atoms. The number of cyclic esters (lactones) is 1. The van der Waals surface area contributed by atoms with E-state index in [9.17, 15) is 45.0 Å². The summed E-state index contributed by atoms with van der Waals surface area (Å²) in [5.41, 5.74) is -2.17. The first-order chi connectivity index (χ1) is 24.7. The van der Waals surface area contributed by atoms with Crippen LogP contribution in [0.4, 0.5) is 0 Å². The van der Waals surface area contributed by atoms with E-state index in [-0.39, 0.29) is 37.2 Å². The van der Waals surface area contributed by atoms with Crippen molar-refractivity contribution in [2.45, 2.75) is 100 Å². The molecule has 16 nitrogen and oxygen atoms in total. The van der Waals surface area contributed by atoms with Crippen molar-refractivity contribution in [1.82, 2.24) is 0 Å². The summed E-state index contributed by atoms with van der Waals surface area (Å²) < 4.78 is 38.9. The van der Waals surface area contributed by atoms with Crippen LogP contribution in [0.1, 0.15) is 56.8 Å². The highest BCUT2D eigenvalue weighted by molar-refractivity contribution is 5.87. The van der Waals surface area contributed by atoms with E-state index in [0.717, 1.165) is 0 Å². The Balaban J connectivity index is 1.20. The van der Waals surface area contributed by atoms with Gasteiger partial charge in [0.1, 0.15) is 42.7 Å². The van der Waals surface area contributed by atoms with Crippen molar-refractivity contribution in [3.8, 4) is 11.5 Å². The summed E-state index contributed by atoms with van der Waals surface area (Å²) in [6.07, 6.45) is -5.67. The van der Waals surface area contributed by atoms with E-state index >= 15 is 0 Å². The number of carbonyl (C=O) groups is 3. The van der Waals surface area contributed by atoms with Gasteiger partial charge in [0.05, 0.1) is 32.3 Å². The SMILES string of the molecule is COc1cc(/C=C/C(=O)O[C@@H]2C[C@H](O)[C@H](OC(C)=O)[C@@H]3[C@@H]2CC[C@@]2(O)C(=O)O[C@H](c4ccoc4)C[C@@]32C)ccc1O[C@@H]1O[C@H](CO)[C@@H](O)[C@H](O)[C@H]1O. The van der Waals surface area contributed by atoms with Crippen molar-refractivity contribution >= 4 is 24.0 Å². The highest BCUT2D eigenvalue weighted by atomic mass is 16.7. The van der Waals surface area contributed by atoms with Crippen LogP contribution in [0.2, 0.25) is 0 Å². The lowest BCUT2D eigenvalue weighted by Crippen LogP contribution is -2.70. The zero-order valence-corrected chi connectivity index (χ0v) is 28.8. The van der Waals surface area contributed by atoms with Gasteiger partial charge in [-0.3, -0.25) is 4.79 Å². The summed E-state index contributed by atoms with van der Waals surface area (Å²) in [4.78, 5) is 38.9. The summed E-state index contributed by atoms with van der Waals surface area (Å²) in [6.45, 7) is 2.30. The molecule has 0 unspecified atom stereocenters. The molecule has 1 aromatic carbocycles. The molecule has 2 aromatic rings. The van der Waals surface area contributed by atoms with Crippen molar-refractivity contribution in [3.05, 3.63) is 54.0 Å². The van der Waals surface area contributed by atoms with Gasteiger partial charge in [0.25, 0.3) is 0 Å². The normalized spacial score (nSPS) is 38.8. The van der Waals surface area contributed by atoms with Gasteiger partial charge in [-0.1, -0.05) is 13.0 Å². The van der Waals surface area contributed by atoms with Gasteiger partial charge in [-0.05, 0) is 49.1 Å². The van der Waals surface area contributed by atoms with Crippen LogP contribution in [-0.4, -0.2) is 117 Å². The number of carbonyl (C=O) groups excluding carboxylic acids is 3. The lowest BCUT2D eigenvalue weighted by Gasteiger charge is -2.61. The number of ether oxygens (including phenoxy) is 6. The average molecular weight is 733 g/mol. The van der Waals surface area contributed by atoms with E-state index in [0.29, 0.717) is 11.1 Å². The van der Waals surface area contributed by atoms with Gasteiger partial charge in [0.2, 0.25) is 6.29 Å². The number of aliphatic hydroxyl groups excluding tert-OH is 5. The summed E-state index contributed by atoms with van der Waals surface area (Å²) >= 11 is 0. The van der Waals surface area contributed by atoms with Crippen LogP contribution in [0.5, 0.6) is 11.5 Å². The molecule has 0 radical (unpaired) electrons. The topological polar surface area (TPSA) is 241 Å². The van der Waals surface area contributed by atoms with Crippen LogP contribution >= 0.6 is 0 Å². The van der Waals surface area contributed by atoms with Crippen LogP contribution in [-0.2, 0) is 33.3 Å². The molecule has 2 aliphatic heterocycles. The number of aliphatic hydroxyl groups is 6. The number of hydrogen-bond donors (Lipinski definition) is 6. The second kappa shape index (κ2) is 14.8. The van der Waals surface area contributed by atoms with Crippen LogP contribution in [0.15, 0.2) is 47.3 Å². The van der Waals surface area contributed by atoms with Gasteiger partial charge < -0.3 is 63.5 Å². The second-order valence-corrected chi connectivity index (χ2v) is 14.1. The fourth-order valence-electron chi connectivity index (χ4n) is 8.34. The third kappa shape index (κ3) is 6.79. The van der Waals surface area contributed by atoms with E-state index in [2.05, 4.69) is 0 Å². The van der Waals surface area contributed by atoms with Crippen molar-refractivity contribution in [2.24, 2.45) is 17.3 Å². The minimum atomic E-state index is -1.96. The van der Waals surface area contributed by atoms with Crippen LogP contribution in [0.3, 0.4) is 0 Å². The third-order valence-electron chi connectivity index (χ3n) is 11.0. The summed E-state index contributed by atoms with van der Waals surface area (Å²) in [7, 11) is 1.36. The van der Waals surface area contributed by atoms with E-state index in [4.69, 9.17) is 32.8 Å². The molecule has 6 rings (SSSR count). The maximum Gasteiger partial charge on any atom is 0.339 e. The number of rotatable bonds is 9. The van der Waals surface area contributed by atoms with E-state index < -0.39 is 102 Å². The van der Waals surface area contributed by atoms with Crippen molar-refractivity contribution < 1.29 is 77.9 Å². The predicted octanol–water partition coefficient (Wildman–Crippen LogP) is 0.540. The number of esters is 3. The Hall–Kier alpha value is -4.03. The Labute approximate surface area is 298 Å². The third-order valence-corrected chi connectivity index (χ3v) is 11.0. The number of fused-ring (bicyclic) bond motifs is 3. The molecule has 6 N–H and O–H groups in total. The Morgan fingerprint density at radius 2 is 1.83 bits per heavy atom. The van der Waals surface area contributed by atoms with Gasteiger partial charge >= 0.3 is 17.9 Å². The molecule has 4 aliphatic rings. The van der Waals surface area contributed by atoms with Gasteiger partial charge in [-0.25, -0.2) is 9.59 Å². The minimum Gasteiger partial charge on any atom is -0.493 e. The zero-order valence-electron chi connectivity index (χ0n) is 28.8. The van der Waals surface area contributed by atoms with Crippen molar-refractivity contribution in [1.29, 1.82) is 0 Å². The molecule has 1 aromatic heterocycles. The first-order valence-electron chi connectivity index (χ1n) is 17.1. The molecule has 2 saturated carbocycles. The monoisotopic (exact) mass is 732 g/mol. The van der Waals surface area contributed by atoms with E-state index in [1.165, 1.54) is 50.8 Å². The molecule has 3 heterocycles. The Bertz CT molecular complexity index is 1640. The molecule has 2 aliphatic carbocycles. The minimum absolute atomic E-state index is 0.00821. The molecule has 13 atom stereocenters. The molecular formula is C36H44O16. The lowest BCUT2D eigenvalue weighted by molar-refractivity contribution is -0.277. The highest BCUT2D eigenvalue weighted by Gasteiger charge is 2.70. The standard InChI is InChI=1S/C36H44O16/c1-17(38)48-32-21(39)13-23(20-8-10-36(45)34(44)52-25(19-9-11-47-16-19)14-35(36,2)28(20)32)49-27(40)7-5-18-4-6-22(24(12-18)46-3)50-33-31(43)30(42)29(41)26(15-37)51-33/h4-7,9,11-12,16,20-21,23,25-26,28-33,37,39,41-43,45H,8,10,13-15H2,1-3H3/b7-5+/t20-,21+,23-,25+,26-,28+,29-,30+,31-,32+,33-,35+,36-/m1/s1. The Kier molecular flexibility index (Phi) is 10.7. The first kappa shape index (κ1) is 37.7. The number of furan rings is 1. The average Bonchev–Trinajstić information content (AvgIpc) is 3.65. The number of methoxy groups -OCH3 is 1. The Morgan fingerprint density at radius 1 is 1.06 bits per heavy atom. The highest BCUT2D eigenvalue weighted by Crippen LogP contribution is 2.62. The van der Waals surface area contributed by atoms with Crippen LogP contribution < -0.4 is 9.47 Å². The molecule has 0 amide bonds. The predicted molar refractivity (Wildman–Crippen MR) is 174 cm³/mol. The Morgan fingerprint density at radius 3 is 2.50 bits per heavy atom. The molecule has 52 heavy (non-hydrogen) atoms. The lowest BCUT2D eigenvalue weighted by atomic mass is 9.47. The molecule has 2 saturated heterocycles. The molecule has 16 heteroatoms. The van der Waals surface area contributed by atoms with Gasteiger partial charge in [0.15, 0.2) is 17.1 Å². The molecular weight excluding hydrogens is 688 g/mol. The maximum absolute atomic E-state index is 13.4. The van der Waals surface area contributed by atoms with Gasteiger partial charge in [-0.15, -0.1) is 0 Å². The molecule has 284 valence electrons. The van der Waals surface area contributed by atoms with Gasteiger partial charge in [0, 0.05) is 42.2 Å². The molecule has 4 fully saturated rings. The number of benzene rings is 1. The first-order valence-corrected chi connectivity index (χ1v) is 17.1. The van der Waals surface area contributed by atoms with E-state index in [1.807, 2.05) is 0 Å².